The molecule has 0 radical (unpaired) electrons. The van der Waals surface area contributed by atoms with E-state index >= 15 is 0 Å². The Morgan fingerprint density at radius 1 is 1.28 bits per heavy atom. The van der Waals surface area contributed by atoms with Gasteiger partial charge in [0, 0.05) is 11.6 Å². The predicted molar refractivity (Wildman–Crippen MR) is 92.0 cm³/mol. The van der Waals surface area contributed by atoms with Crippen molar-refractivity contribution in [3.05, 3.63) is 23.8 Å². The summed E-state index contributed by atoms with van der Waals surface area (Å²) in [6.07, 6.45) is 1.68. The van der Waals surface area contributed by atoms with Gasteiger partial charge < -0.3 is 9.64 Å². The van der Waals surface area contributed by atoms with Crippen LogP contribution >= 0.6 is 0 Å². The number of quaternary nitrogens is 1. The standard InChI is InChI=1S/C16H24N4O4S/c1-19-7-9-20(10-8-19)17-16(21)12-3-6-14(24-2)15(11-12)25(22,23)18-13-4-5-13/h3,6,11,13,18H,4-5,7-10H2,1-2H3,(H,17,21)/p+1. The maximum absolute atomic E-state index is 12.5. The number of amides is 1. The van der Waals surface area contributed by atoms with Crippen molar-refractivity contribution in [1.82, 2.24) is 15.2 Å². The van der Waals surface area contributed by atoms with E-state index in [9.17, 15) is 13.2 Å². The van der Waals surface area contributed by atoms with Crippen molar-refractivity contribution in [2.45, 2.75) is 23.8 Å². The van der Waals surface area contributed by atoms with Crippen molar-refractivity contribution in [3.8, 4) is 5.75 Å². The SMILES string of the molecule is COc1ccc(C(=O)NN2CC[NH+](C)CC2)cc1S(=O)(=O)NC1CC1. The Hall–Kier alpha value is -1.68. The number of carbonyl (C=O) groups is 1. The number of benzene rings is 1. The third-order valence-corrected chi connectivity index (χ3v) is 6.03. The molecule has 1 aromatic carbocycles. The van der Waals surface area contributed by atoms with E-state index in [1.165, 1.54) is 24.1 Å². The molecule has 1 saturated heterocycles. The van der Waals surface area contributed by atoms with Crippen molar-refractivity contribution >= 4 is 15.9 Å². The van der Waals surface area contributed by atoms with Crippen molar-refractivity contribution in [3.63, 3.8) is 0 Å². The Kier molecular flexibility index (Phi) is 5.28. The predicted octanol–water partition coefficient (Wildman–Crippen LogP) is -1.39. The topological polar surface area (TPSA) is 92.2 Å². The first-order valence-corrected chi connectivity index (χ1v) is 9.95. The molecule has 1 heterocycles. The van der Waals surface area contributed by atoms with Gasteiger partial charge in [-0.1, -0.05) is 0 Å². The van der Waals surface area contributed by atoms with E-state index in [1.54, 1.807) is 6.07 Å². The number of rotatable bonds is 6. The molecule has 0 unspecified atom stereocenters. The molecular weight excluding hydrogens is 344 g/mol. The molecule has 0 aromatic heterocycles. The van der Waals surface area contributed by atoms with Gasteiger partial charge in [-0.25, -0.2) is 18.1 Å². The van der Waals surface area contributed by atoms with Crippen LogP contribution in [0.15, 0.2) is 23.1 Å². The Bertz CT molecular complexity index is 741. The monoisotopic (exact) mass is 369 g/mol. The summed E-state index contributed by atoms with van der Waals surface area (Å²) in [5.41, 5.74) is 3.14. The van der Waals surface area contributed by atoms with Gasteiger partial charge in [0.25, 0.3) is 5.91 Å². The zero-order valence-electron chi connectivity index (χ0n) is 14.5. The Morgan fingerprint density at radius 2 is 1.96 bits per heavy atom. The summed E-state index contributed by atoms with van der Waals surface area (Å²) in [5, 5.41) is 1.87. The van der Waals surface area contributed by atoms with Crippen molar-refractivity contribution in [2.75, 3.05) is 40.3 Å². The number of nitrogens with one attached hydrogen (secondary N) is 3. The number of carbonyl (C=O) groups excluding carboxylic acids is 1. The highest BCUT2D eigenvalue weighted by Crippen LogP contribution is 2.28. The average molecular weight is 369 g/mol. The molecule has 2 fully saturated rings. The summed E-state index contributed by atoms with van der Waals surface area (Å²) in [6, 6.07) is 4.45. The highest BCUT2D eigenvalue weighted by Gasteiger charge is 2.30. The lowest BCUT2D eigenvalue weighted by atomic mass is 10.2. The van der Waals surface area contributed by atoms with Crippen LogP contribution in [-0.4, -0.2) is 65.7 Å². The zero-order chi connectivity index (χ0) is 18.0. The van der Waals surface area contributed by atoms with Gasteiger partial charge in [0.2, 0.25) is 10.0 Å². The zero-order valence-corrected chi connectivity index (χ0v) is 15.4. The van der Waals surface area contributed by atoms with Gasteiger partial charge in [0.1, 0.15) is 10.6 Å². The second-order valence-corrected chi connectivity index (χ2v) is 8.33. The Balaban J connectivity index is 1.77. The summed E-state index contributed by atoms with van der Waals surface area (Å²) in [4.78, 5) is 13.9. The van der Waals surface area contributed by atoms with Crippen LogP contribution in [0.4, 0.5) is 0 Å². The molecule has 2 aliphatic rings. The van der Waals surface area contributed by atoms with E-state index in [0.717, 1.165) is 39.0 Å². The van der Waals surface area contributed by atoms with E-state index in [0.29, 0.717) is 5.56 Å². The molecule has 0 bridgehead atoms. The number of nitrogens with zero attached hydrogens (tertiary/aromatic N) is 1. The van der Waals surface area contributed by atoms with E-state index in [-0.39, 0.29) is 22.6 Å². The molecule has 1 aromatic rings. The smallest absolute Gasteiger partial charge is 0.265 e. The van der Waals surface area contributed by atoms with E-state index in [1.807, 2.05) is 5.01 Å². The van der Waals surface area contributed by atoms with Gasteiger partial charge in [-0.2, -0.15) is 0 Å². The molecule has 3 N–H and O–H groups in total. The lowest BCUT2D eigenvalue weighted by Crippen LogP contribution is -3.12. The summed E-state index contributed by atoms with van der Waals surface area (Å²) < 4.78 is 32.8. The lowest BCUT2D eigenvalue weighted by Gasteiger charge is -2.30. The van der Waals surface area contributed by atoms with Crippen molar-refractivity contribution < 1.29 is 22.8 Å². The number of hydrogen-bond donors (Lipinski definition) is 3. The molecular formula is C16H25N4O4S+. The molecule has 1 amide bonds. The number of hydrogen-bond acceptors (Lipinski definition) is 5. The highest BCUT2D eigenvalue weighted by molar-refractivity contribution is 7.89. The lowest BCUT2D eigenvalue weighted by molar-refractivity contribution is -0.884. The number of hydrazine groups is 1. The van der Waals surface area contributed by atoms with Crippen LogP contribution in [0.3, 0.4) is 0 Å². The van der Waals surface area contributed by atoms with Gasteiger partial charge >= 0.3 is 0 Å². The second kappa shape index (κ2) is 7.28. The summed E-state index contributed by atoms with van der Waals surface area (Å²) >= 11 is 0. The molecule has 138 valence electrons. The Labute approximate surface area is 148 Å². The van der Waals surface area contributed by atoms with E-state index in [2.05, 4.69) is 17.2 Å². The first kappa shape index (κ1) is 18.1. The first-order chi connectivity index (χ1) is 11.9. The largest absolute Gasteiger partial charge is 0.495 e. The van der Waals surface area contributed by atoms with Gasteiger partial charge in [0.15, 0.2) is 0 Å². The highest BCUT2D eigenvalue weighted by atomic mass is 32.2. The quantitative estimate of drug-likeness (QED) is 0.574. The normalized spacial score (nSPS) is 19.6. The fourth-order valence-electron chi connectivity index (χ4n) is 2.72. The molecule has 1 aliphatic heterocycles. The van der Waals surface area contributed by atoms with Crippen LogP contribution in [0.1, 0.15) is 23.2 Å². The number of sulfonamides is 1. The average Bonchev–Trinajstić information content (AvgIpc) is 3.39. The van der Waals surface area contributed by atoms with Gasteiger partial charge in [-0.3, -0.25) is 10.2 Å². The fourth-order valence-corrected chi connectivity index (χ4v) is 4.22. The van der Waals surface area contributed by atoms with Crippen LogP contribution in [0.2, 0.25) is 0 Å². The third-order valence-electron chi connectivity index (χ3n) is 4.49. The molecule has 1 saturated carbocycles. The third kappa shape index (κ3) is 4.49. The maximum Gasteiger partial charge on any atom is 0.265 e. The Morgan fingerprint density at radius 3 is 2.56 bits per heavy atom. The van der Waals surface area contributed by atoms with Crippen LogP contribution in [0.5, 0.6) is 5.75 Å². The molecule has 0 atom stereocenters. The minimum Gasteiger partial charge on any atom is -0.495 e. The minimum atomic E-state index is -3.71. The van der Waals surface area contributed by atoms with E-state index in [4.69, 9.17) is 4.74 Å². The van der Waals surface area contributed by atoms with Crippen LogP contribution in [0, 0.1) is 0 Å². The summed E-state index contributed by atoms with van der Waals surface area (Å²) in [7, 11) is -0.176. The van der Waals surface area contributed by atoms with E-state index < -0.39 is 10.0 Å². The van der Waals surface area contributed by atoms with Crippen LogP contribution < -0.4 is 19.8 Å². The van der Waals surface area contributed by atoms with Crippen LogP contribution in [-0.2, 0) is 10.0 Å². The summed E-state index contributed by atoms with van der Waals surface area (Å²) in [5.74, 6) is -0.0852. The molecule has 25 heavy (non-hydrogen) atoms. The van der Waals surface area contributed by atoms with Gasteiger partial charge in [0.05, 0.1) is 40.3 Å². The number of methoxy groups -OCH3 is 1. The van der Waals surface area contributed by atoms with Gasteiger partial charge in [-0.15, -0.1) is 0 Å². The summed E-state index contributed by atoms with van der Waals surface area (Å²) in [6.45, 7) is 3.44. The maximum atomic E-state index is 12.5. The van der Waals surface area contributed by atoms with Crippen molar-refractivity contribution in [1.29, 1.82) is 0 Å². The number of ether oxygens (including phenoxy) is 1. The number of likely N-dealkylation sites (N-methyl/N-ethyl adjacent to an activating group) is 1. The number of piperazine rings is 1. The molecule has 1 aliphatic carbocycles. The van der Waals surface area contributed by atoms with Crippen LogP contribution in [0.25, 0.3) is 0 Å². The molecule has 9 heteroatoms. The molecule has 8 nitrogen and oxygen atoms in total. The van der Waals surface area contributed by atoms with Crippen molar-refractivity contribution in [2.24, 2.45) is 0 Å². The second-order valence-electron chi connectivity index (χ2n) is 6.65. The first-order valence-electron chi connectivity index (χ1n) is 8.46. The molecule has 3 rings (SSSR count). The van der Waals surface area contributed by atoms with Gasteiger partial charge in [-0.05, 0) is 31.0 Å². The minimum absolute atomic E-state index is 0.00243. The fraction of sp³-hybridized carbons (Fsp3) is 0.562. The molecule has 0 spiro atoms.